The van der Waals surface area contributed by atoms with Crippen molar-refractivity contribution in [3.05, 3.63) is 54.0 Å². The number of rotatable bonds is 11. The van der Waals surface area contributed by atoms with E-state index < -0.39 is 30.1 Å². The summed E-state index contributed by atoms with van der Waals surface area (Å²) in [6.07, 6.45) is 5.28. The average Bonchev–Trinajstić information content (AvgIpc) is 3.21. The first-order valence-electron chi connectivity index (χ1n) is 20.3. The lowest BCUT2D eigenvalue weighted by molar-refractivity contribution is -0.158. The van der Waals surface area contributed by atoms with Gasteiger partial charge in [0.05, 0.1) is 11.1 Å². The van der Waals surface area contributed by atoms with Crippen molar-refractivity contribution in [2.24, 2.45) is 17.1 Å². The van der Waals surface area contributed by atoms with Crippen molar-refractivity contribution in [3.63, 3.8) is 0 Å². The van der Waals surface area contributed by atoms with Gasteiger partial charge in [-0.1, -0.05) is 0 Å². The summed E-state index contributed by atoms with van der Waals surface area (Å²) in [5.41, 5.74) is 7.47. The molecule has 3 N–H and O–H groups in total. The van der Waals surface area contributed by atoms with Gasteiger partial charge in [0.2, 0.25) is 11.9 Å². The van der Waals surface area contributed by atoms with E-state index in [0.29, 0.717) is 28.9 Å². The average molecular weight is 800 g/mol. The number of primary amides is 1. The second kappa shape index (κ2) is 17.5. The molecule has 4 amide bonds. The summed E-state index contributed by atoms with van der Waals surface area (Å²) in [5, 5.41) is 11.2. The van der Waals surface area contributed by atoms with E-state index in [4.69, 9.17) is 10.5 Å². The number of amides is 4. The highest BCUT2D eigenvalue weighted by Gasteiger charge is 2.35. The number of esters is 1. The van der Waals surface area contributed by atoms with Crippen LogP contribution in [0.3, 0.4) is 0 Å². The number of anilines is 6. The third-order valence-corrected chi connectivity index (χ3v) is 11.4. The van der Waals surface area contributed by atoms with Crippen LogP contribution in [-0.2, 0) is 14.3 Å². The number of carbonyl (C=O) groups is 4. The van der Waals surface area contributed by atoms with Gasteiger partial charge in [0.15, 0.2) is 18.2 Å². The Hall–Kier alpha value is -5.58. The second-order valence-electron chi connectivity index (χ2n) is 16.6. The fourth-order valence-electron chi connectivity index (χ4n) is 7.93. The zero-order chi connectivity index (χ0) is 41.0. The molecule has 5 heterocycles. The molecule has 4 fully saturated rings. The maximum atomic E-state index is 15.6. The molecule has 0 unspecified atom stereocenters. The number of urea groups is 1. The first-order chi connectivity index (χ1) is 27.8. The first kappa shape index (κ1) is 40.6. The molecule has 3 aromatic rings. The Morgan fingerprint density at radius 1 is 0.845 bits per heavy atom. The Morgan fingerprint density at radius 2 is 1.53 bits per heavy atom. The lowest BCUT2D eigenvalue weighted by Crippen LogP contribution is -2.53. The van der Waals surface area contributed by atoms with E-state index in [-0.39, 0.29) is 36.2 Å². The fourth-order valence-corrected chi connectivity index (χ4v) is 7.93. The number of piperazine rings is 1. The summed E-state index contributed by atoms with van der Waals surface area (Å²) in [6, 6.07) is 12.3. The van der Waals surface area contributed by atoms with Gasteiger partial charge in [-0.05, 0) is 101 Å². The van der Waals surface area contributed by atoms with E-state index in [2.05, 4.69) is 35.2 Å². The minimum absolute atomic E-state index is 0.0951. The summed E-state index contributed by atoms with van der Waals surface area (Å²) in [5.74, 6) is -0.867. The number of nitrogens with zero attached hydrogens (tertiary/aromatic N) is 9. The molecule has 0 spiro atoms. The van der Waals surface area contributed by atoms with E-state index in [1.54, 1.807) is 37.8 Å². The van der Waals surface area contributed by atoms with E-state index >= 15 is 4.39 Å². The number of carbonyl (C=O) groups excluding carboxylic acids is 4. The van der Waals surface area contributed by atoms with Crippen LogP contribution in [0, 0.1) is 17.2 Å². The number of ether oxygens (including phenoxy) is 1. The number of nitrogens with two attached hydrogens (primary N) is 1. The number of hydrogen-bond donors (Lipinski definition) is 2. The van der Waals surface area contributed by atoms with Crippen LogP contribution in [0.1, 0.15) is 69.8 Å². The number of aromatic nitrogens is 3. The lowest BCUT2D eigenvalue weighted by atomic mass is 9.95. The van der Waals surface area contributed by atoms with Gasteiger partial charge in [0.25, 0.3) is 5.91 Å². The summed E-state index contributed by atoms with van der Waals surface area (Å²) in [7, 11) is 0. The summed E-state index contributed by atoms with van der Waals surface area (Å²) < 4.78 is 20.8. The smallest absolute Gasteiger partial charge is 0.333 e. The normalized spacial score (nSPS) is 18.8. The highest BCUT2D eigenvalue weighted by molar-refractivity contribution is 6.05. The van der Waals surface area contributed by atoms with Crippen molar-refractivity contribution in [3.8, 4) is 0 Å². The Kier molecular flexibility index (Phi) is 12.3. The van der Waals surface area contributed by atoms with Crippen LogP contribution in [0.5, 0.6) is 0 Å². The van der Waals surface area contributed by atoms with Gasteiger partial charge in [-0.25, -0.2) is 14.1 Å². The molecule has 1 aromatic heterocycles. The molecule has 16 nitrogen and oxygen atoms in total. The van der Waals surface area contributed by atoms with Crippen LogP contribution in [-0.4, -0.2) is 121 Å². The fraction of sp³-hybridized carbons (Fsp3) is 0.537. The molecule has 310 valence electrons. The van der Waals surface area contributed by atoms with Crippen molar-refractivity contribution in [1.29, 1.82) is 0 Å². The molecule has 0 bridgehead atoms. The zero-order valence-corrected chi connectivity index (χ0v) is 33.7. The second-order valence-corrected chi connectivity index (χ2v) is 16.6. The monoisotopic (exact) mass is 799 g/mol. The Morgan fingerprint density at radius 3 is 2.19 bits per heavy atom. The Labute approximate surface area is 338 Å². The molecule has 17 heteroatoms. The third-order valence-electron chi connectivity index (χ3n) is 11.4. The standard InChI is InChI=1S/C41H54FN11O5/c1-41(2,3)38(56)58-27-53-34(54)15-20-52(40(53)57)31-10-8-30(9-11-31)49-23-21-48(22-24-49)26-28-13-18-50(19-14-28)33-12-7-29(25-32(33)42)44-37-35(36(43)55)46-47-39(45-37)51-16-5-4-6-17-51/h7-12,25,28H,4-6,13-24,26-27H2,1-3H3,(H2,43,55)(H,44,45,47). The molecule has 0 atom stereocenters. The maximum absolute atomic E-state index is 15.6. The number of piperidine rings is 2. The van der Waals surface area contributed by atoms with Gasteiger partial charge in [0, 0.05) is 88.9 Å². The van der Waals surface area contributed by atoms with Gasteiger partial charge in [0.1, 0.15) is 5.82 Å². The van der Waals surface area contributed by atoms with Crippen LogP contribution >= 0.6 is 0 Å². The molecule has 0 aliphatic carbocycles. The zero-order valence-electron chi connectivity index (χ0n) is 33.7. The van der Waals surface area contributed by atoms with Gasteiger partial charge in [-0.15, -0.1) is 10.2 Å². The molecule has 4 saturated heterocycles. The van der Waals surface area contributed by atoms with Gasteiger partial charge in [-0.2, -0.15) is 4.98 Å². The first-order valence-corrected chi connectivity index (χ1v) is 20.3. The van der Waals surface area contributed by atoms with E-state index in [1.165, 1.54) is 6.07 Å². The minimum atomic E-state index is -0.762. The summed E-state index contributed by atoms with van der Waals surface area (Å²) >= 11 is 0. The molecule has 58 heavy (non-hydrogen) atoms. The topological polar surface area (TPSA) is 174 Å². The van der Waals surface area contributed by atoms with E-state index in [9.17, 15) is 19.2 Å². The number of nitrogens with one attached hydrogen (secondary N) is 1. The van der Waals surface area contributed by atoms with Crippen LogP contribution in [0.15, 0.2) is 42.5 Å². The predicted molar refractivity (Wildman–Crippen MR) is 219 cm³/mol. The summed E-state index contributed by atoms with van der Waals surface area (Å²) in [4.78, 5) is 66.1. The van der Waals surface area contributed by atoms with Crippen LogP contribution in [0.25, 0.3) is 0 Å². The van der Waals surface area contributed by atoms with Crippen molar-refractivity contribution in [1.82, 2.24) is 25.0 Å². The van der Waals surface area contributed by atoms with E-state index in [1.807, 2.05) is 29.2 Å². The number of imide groups is 1. The molecule has 4 aliphatic rings. The molecule has 7 rings (SSSR count). The van der Waals surface area contributed by atoms with Crippen molar-refractivity contribution in [2.75, 3.05) is 97.1 Å². The summed E-state index contributed by atoms with van der Waals surface area (Å²) in [6.45, 7) is 12.8. The quantitative estimate of drug-likeness (QED) is 0.258. The largest absolute Gasteiger partial charge is 0.443 e. The van der Waals surface area contributed by atoms with Gasteiger partial charge >= 0.3 is 12.0 Å². The number of benzene rings is 2. The lowest BCUT2D eigenvalue weighted by Gasteiger charge is -2.40. The highest BCUT2D eigenvalue weighted by Crippen LogP contribution is 2.31. The van der Waals surface area contributed by atoms with Crippen molar-refractivity contribution >= 4 is 58.3 Å². The molecular formula is C41H54FN11O5. The van der Waals surface area contributed by atoms with Crippen molar-refractivity contribution in [2.45, 2.75) is 59.3 Å². The Bertz CT molecular complexity index is 1970. The SMILES string of the molecule is CC(C)(C)C(=O)OCN1C(=O)CCN(c2ccc(N3CCN(CC4CCN(c5ccc(Nc6nc(N7CCCCC7)nnc6C(N)=O)cc5F)CC4)CC3)cc2)C1=O. The predicted octanol–water partition coefficient (Wildman–Crippen LogP) is 4.59. The van der Waals surface area contributed by atoms with Crippen LogP contribution < -0.4 is 30.7 Å². The number of hydrogen-bond acceptors (Lipinski definition) is 13. The maximum Gasteiger partial charge on any atom is 0.333 e. The van der Waals surface area contributed by atoms with Gasteiger partial charge < -0.3 is 30.5 Å². The van der Waals surface area contributed by atoms with Gasteiger partial charge in [-0.3, -0.25) is 24.2 Å². The minimum Gasteiger partial charge on any atom is -0.443 e. The molecule has 0 radical (unpaired) electrons. The molecule has 2 aromatic carbocycles. The van der Waals surface area contributed by atoms with Crippen LogP contribution in [0.4, 0.5) is 43.7 Å². The van der Waals surface area contributed by atoms with Crippen LogP contribution in [0.2, 0.25) is 0 Å². The molecule has 0 saturated carbocycles. The third kappa shape index (κ3) is 9.41. The van der Waals surface area contributed by atoms with E-state index in [0.717, 1.165) is 102 Å². The van der Waals surface area contributed by atoms with Crippen molar-refractivity contribution < 1.29 is 28.3 Å². The molecular weight excluding hydrogens is 746 g/mol. The number of halogens is 1. The highest BCUT2D eigenvalue weighted by atomic mass is 19.1. The Balaban J connectivity index is 0.869. The molecule has 4 aliphatic heterocycles.